The average molecular weight is 371 g/mol. The molecule has 146 valence electrons. The first-order valence-electron chi connectivity index (χ1n) is 9.72. The maximum absolute atomic E-state index is 12.7. The molecule has 0 saturated heterocycles. The van der Waals surface area contributed by atoms with Gasteiger partial charge in [-0.05, 0) is 30.9 Å². The highest BCUT2D eigenvalue weighted by Crippen LogP contribution is 2.28. The van der Waals surface area contributed by atoms with Gasteiger partial charge in [-0.1, -0.05) is 13.8 Å². The Balaban J connectivity index is 1.62. The summed E-state index contributed by atoms with van der Waals surface area (Å²) in [4.78, 5) is 26.4. The molecule has 0 unspecified atom stereocenters. The number of hydrogen-bond donors (Lipinski definition) is 1. The molecule has 27 heavy (non-hydrogen) atoms. The van der Waals surface area contributed by atoms with Gasteiger partial charge in [0.05, 0.1) is 5.69 Å². The first kappa shape index (κ1) is 19.2. The van der Waals surface area contributed by atoms with E-state index in [1.807, 2.05) is 40.7 Å². The van der Waals surface area contributed by atoms with Crippen LogP contribution >= 0.6 is 0 Å². The average Bonchev–Trinajstić information content (AvgIpc) is 3.24. The van der Waals surface area contributed by atoms with Gasteiger partial charge in [-0.2, -0.15) is 5.10 Å². The Hall–Kier alpha value is -2.57. The largest absolute Gasteiger partial charge is 0.356 e. The summed E-state index contributed by atoms with van der Waals surface area (Å²) >= 11 is 0. The predicted octanol–water partition coefficient (Wildman–Crippen LogP) is 2.57. The molecule has 2 aromatic heterocycles. The molecule has 0 radical (unpaired) electrons. The van der Waals surface area contributed by atoms with Crippen molar-refractivity contribution in [1.82, 2.24) is 19.7 Å². The summed E-state index contributed by atoms with van der Waals surface area (Å²) in [7, 11) is 1.98. The lowest BCUT2D eigenvalue weighted by molar-refractivity contribution is -0.125. The number of fused-ring (bicyclic) bond motifs is 1. The molecule has 0 saturated carbocycles. The minimum absolute atomic E-state index is 0.0201. The van der Waals surface area contributed by atoms with Crippen molar-refractivity contribution in [3.8, 4) is 11.4 Å². The van der Waals surface area contributed by atoms with Crippen molar-refractivity contribution in [3.05, 3.63) is 24.4 Å². The molecule has 2 aromatic rings. The van der Waals surface area contributed by atoms with Gasteiger partial charge in [-0.15, -0.1) is 0 Å². The van der Waals surface area contributed by atoms with Gasteiger partial charge in [0.25, 0.3) is 0 Å². The monoisotopic (exact) mass is 371 g/mol. The molecule has 0 atom stereocenters. The number of anilines is 1. The van der Waals surface area contributed by atoms with Gasteiger partial charge in [0, 0.05) is 51.8 Å². The third-order valence-electron chi connectivity index (χ3n) is 4.90. The molecule has 0 fully saturated rings. The molecule has 0 aliphatic carbocycles. The van der Waals surface area contributed by atoms with E-state index in [-0.39, 0.29) is 24.7 Å². The molecule has 0 spiro atoms. The Morgan fingerprint density at radius 3 is 2.78 bits per heavy atom. The van der Waals surface area contributed by atoms with E-state index in [1.165, 1.54) is 0 Å². The number of nitrogens with zero attached hydrogens (tertiary/aromatic N) is 4. The van der Waals surface area contributed by atoms with E-state index in [2.05, 4.69) is 24.3 Å². The molecule has 7 heteroatoms. The van der Waals surface area contributed by atoms with Crippen LogP contribution < -0.4 is 10.2 Å². The van der Waals surface area contributed by atoms with Gasteiger partial charge in [0.2, 0.25) is 11.8 Å². The second-order valence-corrected chi connectivity index (χ2v) is 7.55. The smallest absolute Gasteiger partial charge is 0.228 e. The van der Waals surface area contributed by atoms with Gasteiger partial charge in [-0.3, -0.25) is 14.5 Å². The highest BCUT2D eigenvalue weighted by molar-refractivity contribution is 5.95. The summed E-state index contributed by atoms with van der Waals surface area (Å²) in [5, 5.41) is 7.55. The Kier molecular flexibility index (Phi) is 5.98. The molecule has 1 N–H and O–H groups in total. The third-order valence-corrected chi connectivity index (χ3v) is 4.90. The van der Waals surface area contributed by atoms with Crippen LogP contribution in [0.2, 0.25) is 0 Å². The summed E-state index contributed by atoms with van der Waals surface area (Å²) < 4.78 is 3.91. The molecule has 3 rings (SSSR count). The van der Waals surface area contributed by atoms with Gasteiger partial charge in [0.1, 0.15) is 11.5 Å². The molecule has 1 aliphatic heterocycles. The van der Waals surface area contributed by atoms with Gasteiger partial charge in [0.15, 0.2) is 0 Å². The van der Waals surface area contributed by atoms with Crippen LogP contribution in [-0.4, -0.2) is 39.3 Å². The van der Waals surface area contributed by atoms with E-state index in [0.29, 0.717) is 19.0 Å². The van der Waals surface area contributed by atoms with Crippen molar-refractivity contribution in [2.24, 2.45) is 13.0 Å². The topological polar surface area (TPSA) is 72.2 Å². The minimum atomic E-state index is -0.0565. The molecule has 0 aromatic carbocycles. The molecule has 1 aliphatic rings. The molecule has 3 heterocycles. The van der Waals surface area contributed by atoms with Crippen LogP contribution in [0.5, 0.6) is 0 Å². The van der Waals surface area contributed by atoms with Crippen molar-refractivity contribution < 1.29 is 9.59 Å². The second-order valence-electron chi connectivity index (χ2n) is 7.55. The number of rotatable bonds is 7. The fraction of sp³-hybridized carbons (Fsp3) is 0.550. The summed E-state index contributed by atoms with van der Waals surface area (Å²) in [6.07, 6.45) is 4.25. The summed E-state index contributed by atoms with van der Waals surface area (Å²) in [5.74, 6) is 1.30. The maximum Gasteiger partial charge on any atom is 0.228 e. The van der Waals surface area contributed by atoms with E-state index < -0.39 is 0 Å². The Morgan fingerprint density at radius 2 is 2.07 bits per heavy atom. The molecule has 0 bridgehead atoms. The van der Waals surface area contributed by atoms with E-state index in [0.717, 1.165) is 36.6 Å². The second kappa shape index (κ2) is 8.41. The number of carbonyl (C=O) groups excluding carboxylic acids is 2. The van der Waals surface area contributed by atoms with E-state index in [9.17, 15) is 9.59 Å². The minimum Gasteiger partial charge on any atom is -0.356 e. The van der Waals surface area contributed by atoms with Crippen LogP contribution in [0.1, 0.15) is 39.5 Å². The van der Waals surface area contributed by atoms with Crippen molar-refractivity contribution in [2.75, 3.05) is 18.0 Å². The van der Waals surface area contributed by atoms with E-state index >= 15 is 0 Å². The molecular weight excluding hydrogens is 342 g/mol. The van der Waals surface area contributed by atoms with Crippen molar-refractivity contribution >= 4 is 17.6 Å². The lowest BCUT2D eigenvalue weighted by Gasteiger charge is -2.27. The normalized spacial score (nSPS) is 13.7. The lowest BCUT2D eigenvalue weighted by atomic mass is 10.1. The number of hydrogen-bond acceptors (Lipinski definition) is 3. The fourth-order valence-corrected chi connectivity index (χ4v) is 3.33. The van der Waals surface area contributed by atoms with Crippen molar-refractivity contribution in [1.29, 1.82) is 0 Å². The van der Waals surface area contributed by atoms with E-state index in [4.69, 9.17) is 0 Å². The zero-order valence-electron chi connectivity index (χ0n) is 16.4. The number of aryl methyl sites for hydroxylation is 2. The van der Waals surface area contributed by atoms with Crippen LogP contribution in [0.15, 0.2) is 24.4 Å². The number of carbonyl (C=O) groups is 2. The Bertz CT molecular complexity index is 805. The Morgan fingerprint density at radius 1 is 1.26 bits per heavy atom. The lowest BCUT2D eigenvalue weighted by Crippen LogP contribution is -2.38. The number of amides is 2. The first-order valence-corrected chi connectivity index (χ1v) is 9.72. The summed E-state index contributed by atoms with van der Waals surface area (Å²) in [6, 6.07) is 5.96. The quantitative estimate of drug-likeness (QED) is 0.813. The van der Waals surface area contributed by atoms with Crippen molar-refractivity contribution in [2.45, 2.75) is 46.1 Å². The first-order chi connectivity index (χ1) is 13.0. The molecular formula is C20H29N5O2. The standard InChI is InChI=1S/C20H29N5O2/c1-15(2)9-10-21-18(26)7-8-20(27)24-12-5-13-25-19(24)14-16(22-25)17-6-4-11-23(17)3/h4,6,11,14-15H,5,7-10,12-13H2,1-3H3,(H,21,26). The van der Waals surface area contributed by atoms with Crippen LogP contribution in [0, 0.1) is 5.92 Å². The molecule has 2 amide bonds. The van der Waals surface area contributed by atoms with Crippen LogP contribution in [0.3, 0.4) is 0 Å². The number of nitrogens with one attached hydrogen (secondary N) is 1. The van der Waals surface area contributed by atoms with Crippen LogP contribution in [0.25, 0.3) is 11.4 Å². The van der Waals surface area contributed by atoms with Crippen molar-refractivity contribution in [3.63, 3.8) is 0 Å². The fourth-order valence-electron chi connectivity index (χ4n) is 3.33. The maximum atomic E-state index is 12.7. The van der Waals surface area contributed by atoms with Crippen LogP contribution in [0.4, 0.5) is 5.82 Å². The van der Waals surface area contributed by atoms with Crippen LogP contribution in [-0.2, 0) is 23.2 Å². The summed E-state index contributed by atoms with van der Waals surface area (Å²) in [5.41, 5.74) is 1.89. The van der Waals surface area contributed by atoms with Gasteiger partial charge in [-0.25, -0.2) is 4.68 Å². The van der Waals surface area contributed by atoms with Gasteiger partial charge >= 0.3 is 0 Å². The van der Waals surface area contributed by atoms with E-state index in [1.54, 1.807) is 4.90 Å². The third kappa shape index (κ3) is 4.59. The van der Waals surface area contributed by atoms with Gasteiger partial charge < -0.3 is 9.88 Å². The Labute approximate surface area is 160 Å². The highest BCUT2D eigenvalue weighted by Gasteiger charge is 2.25. The zero-order chi connectivity index (χ0) is 19.4. The zero-order valence-corrected chi connectivity index (χ0v) is 16.4. The SMILES string of the molecule is CC(C)CCNC(=O)CCC(=O)N1CCCn2nc(-c3cccn3C)cc21. The number of aromatic nitrogens is 3. The molecule has 7 nitrogen and oxygen atoms in total. The highest BCUT2D eigenvalue weighted by atomic mass is 16.2. The predicted molar refractivity (Wildman–Crippen MR) is 105 cm³/mol. The summed E-state index contributed by atoms with van der Waals surface area (Å²) in [6.45, 7) is 6.39.